The van der Waals surface area contributed by atoms with E-state index < -0.39 is 6.04 Å². The van der Waals surface area contributed by atoms with Gasteiger partial charge >= 0.3 is 0 Å². The topological polar surface area (TPSA) is 58.6 Å². The molecule has 0 aliphatic carbocycles. The molecule has 1 N–H and O–H groups in total. The summed E-state index contributed by atoms with van der Waals surface area (Å²) in [6.45, 7) is 6.20. The molecule has 0 spiro atoms. The second-order valence-electron chi connectivity index (χ2n) is 7.02. The van der Waals surface area contributed by atoms with Crippen molar-refractivity contribution in [3.8, 4) is 5.75 Å². The molecule has 0 aliphatic heterocycles. The van der Waals surface area contributed by atoms with Crippen LogP contribution >= 0.6 is 15.9 Å². The first-order valence-corrected chi connectivity index (χ1v) is 10.9. The summed E-state index contributed by atoms with van der Waals surface area (Å²) in [7, 11) is 0. The Hall–Kier alpha value is -2.41. The number of hydrogen-bond acceptors (Lipinski definition) is 3. The van der Waals surface area contributed by atoms with Crippen LogP contribution in [0.1, 0.15) is 38.3 Å². The summed E-state index contributed by atoms with van der Waals surface area (Å²) in [6, 6.07) is 10.9. The van der Waals surface area contributed by atoms with Crippen LogP contribution in [0.25, 0.3) is 0 Å². The highest BCUT2D eigenvalue weighted by atomic mass is 79.9. The fourth-order valence-corrected chi connectivity index (χ4v) is 3.41. The van der Waals surface area contributed by atoms with Crippen molar-refractivity contribution in [1.82, 2.24) is 10.2 Å². The van der Waals surface area contributed by atoms with Gasteiger partial charge in [-0.25, -0.2) is 4.39 Å². The van der Waals surface area contributed by atoms with E-state index in [1.807, 2.05) is 25.1 Å². The molecule has 0 heterocycles. The van der Waals surface area contributed by atoms with Crippen molar-refractivity contribution in [3.63, 3.8) is 0 Å². The highest BCUT2D eigenvalue weighted by molar-refractivity contribution is 9.10. The van der Waals surface area contributed by atoms with Crippen molar-refractivity contribution in [2.45, 2.75) is 46.2 Å². The molecule has 162 valence electrons. The van der Waals surface area contributed by atoms with E-state index in [2.05, 4.69) is 28.2 Å². The predicted octanol–water partition coefficient (Wildman–Crippen LogP) is 4.47. The highest BCUT2D eigenvalue weighted by Crippen LogP contribution is 2.26. The van der Waals surface area contributed by atoms with Crippen molar-refractivity contribution in [3.05, 3.63) is 63.9 Å². The second-order valence-corrected chi connectivity index (χ2v) is 7.88. The maximum absolute atomic E-state index is 13.2. The van der Waals surface area contributed by atoms with Gasteiger partial charge in [0.1, 0.15) is 17.6 Å². The molecule has 1 atom stereocenters. The van der Waals surface area contributed by atoms with Gasteiger partial charge in [-0.15, -0.1) is 0 Å². The third-order valence-corrected chi connectivity index (χ3v) is 5.36. The highest BCUT2D eigenvalue weighted by Gasteiger charge is 2.26. The molecule has 2 aromatic rings. The van der Waals surface area contributed by atoms with Gasteiger partial charge in [-0.2, -0.15) is 0 Å². The summed E-state index contributed by atoms with van der Waals surface area (Å²) in [5.74, 6) is -0.356. The molecule has 0 fully saturated rings. The number of nitrogens with zero attached hydrogens (tertiary/aromatic N) is 1. The Morgan fingerprint density at radius 2 is 1.80 bits per heavy atom. The fraction of sp³-hybridized carbons (Fsp3) is 0.391. The number of carbonyl (C=O) groups is 2. The van der Waals surface area contributed by atoms with E-state index in [1.54, 1.807) is 19.1 Å². The molecule has 0 unspecified atom stereocenters. The van der Waals surface area contributed by atoms with Crippen LogP contribution in [0.4, 0.5) is 4.39 Å². The average Bonchev–Trinajstić information content (AvgIpc) is 2.75. The first kappa shape index (κ1) is 23.9. The Balaban J connectivity index is 2.14. The van der Waals surface area contributed by atoms with Crippen molar-refractivity contribution in [2.75, 3.05) is 13.2 Å². The van der Waals surface area contributed by atoms with Crippen molar-refractivity contribution < 1.29 is 18.7 Å². The van der Waals surface area contributed by atoms with Gasteiger partial charge in [-0.05, 0) is 71.1 Å². The zero-order valence-electron chi connectivity index (χ0n) is 17.6. The molecular weight excluding hydrogens is 451 g/mol. The van der Waals surface area contributed by atoms with Gasteiger partial charge < -0.3 is 15.0 Å². The van der Waals surface area contributed by atoms with Gasteiger partial charge in [-0.1, -0.05) is 32.0 Å². The summed E-state index contributed by atoms with van der Waals surface area (Å²) in [5, 5.41) is 2.82. The summed E-state index contributed by atoms with van der Waals surface area (Å²) in [6.07, 6.45) is 1.70. The number of nitrogens with one attached hydrogen (secondary N) is 1. The monoisotopic (exact) mass is 478 g/mol. The van der Waals surface area contributed by atoms with E-state index in [0.29, 0.717) is 12.3 Å². The molecule has 0 bridgehead atoms. The molecule has 0 aromatic heterocycles. The molecule has 2 amide bonds. The number of hydrogen-bond donors (Lipinski definition) is 1. The zero-order chi connectivity index (χ0) is 22.1. The molecule has 0 aliphatic rings. The van der Waals surface area contributed by atoms with Gasteiger partial charge in [0.05, 0.1) is 4.47 Å². The Kier molecular flexibility index (Phi) is 9.30. The molecule has 0 saturated carbocycles. The molecular formula is C23H28BrFN2O3. The number of ether oxygens (including phenoxy) is 1. The van der Waals surface area contributed by atoms with E-state index in [4.69, 9.17) is 4.74 Å². The molecule has 2 rings (SSSR count). The maximum atomic E-state index is 13.2. The summed E-state index contributed by atoms with van der Waals surface area (Å²) < 4.78 is 19.7. The lowest BCUT2D eigenvalue weighted by atomic mass is 10.1. The van der Waals surface area contributed by atoms with Crippen molar-refractivity contribution in [1.29, 1.82) is 0 Å². The number of rotatable bonds is 10. The lowest BCUT2D eigenvalue weighted by molar-refractivity contribution is -0.142. The minimum Gasteiger partial charge on any atom is -0.483 e. The fourth-order valence-electron chi connectivity index (χ4n) is 2.87. The van der Waals surface area contributed by atoms with Crippen LogP contribution in [0.5, 0.6) is 5.75 Å². The van der Waals surface area contributed by atoms with Gasteiger partial charge in [0.25, 0.3) is 5.91 Å². The standard InChI is InChI=1S/C23H28BrFN2O3/c1-4-12-26-23(29)16(3)27(14-18-6-9-19(25)10-7-18)22(28)15-30-21-11-8-17(5-2)13-20(21)24/h6-11,13,16H,4-5,12,14-15H2,1-3H3,(H,26,29)/t16-/m1/s1. The quantitative estimate of drug-likeness (QED) is 0.547. The summed E-state index contributed by atoms with van der Waals surface area (Å²) in [4.78, 5) is 26.9. The minimum absolute atomic E-state index is 0.180. The van der Waals surface area contributed by atoms with Crippen LogP contribution in [-0.2, 0) is 22.6 Å². The average molecular weight is 479 g/mol. The number of aryl methyl sites for hydroxylation is 1. The largest absolute Gasteiger partial charge is 0.483 e. The molecule has 0 saturated heterocycles. The predicted molar refractivity (Wildman–Crippen MR) is 119 cm³/mol. The van der Waals surface area contributed by atoms with Gasteiger partial charge in [0, 0.05) is 13.1 Å². The molecule has 5 nitrogen and oxygen atoms in total. The molecule has 7 heteroatoms. The van der Waals surface area contributed by atoms with Crippen LogP contribution in [0.15, 0.2) is 46.9 Å². The summed E-state index contributed by atoms with van der Waals surface area (Å²) in [5.41, 5.74) is 1.88. The van der Waals surface area contributed by atoms with E-state index in [-0.39, 0.29) is 30.8 Å². The first-order chi connectivity index (χ1) is 14.3. The van der Waals surface area contributed by atoms with Crippen LogP contribution in [0.2, 0.25) is 0 Å². The van der Waals surface area contributed by atoms with Crippen molar-refractivity contribution >= 4 is 27.7 Å². The Bertz CT molecular complexity index is 858. The van der Waals surface area contributed by atoms with Gasteiger partial charge in [-0.3, -0.25) is 9.59 Å². The minimum atomic E-state index is -0.691. The SMILES string of the molecule is CCCNC(=O)[C@@H](C)N(Cc1ccc(F)cc1)C(=O)COc1ccc(CC)cc1Br. The van der Waals surface area contributed by atoms with Crippen LogP contribution < -0.4 is 10.1 Å². The van der Waals surface area contributed by atoms with E-state index in [9.17, 15) is 14.0 Å². The van der Waals surface area contributed by atoms with Gasteiger partial charge in [0.2, 0.25) is 5.91 Å². The molecule has 0 radical (unpaired) electrons. The van der Waals surface area contributed by atoms with E-state index >= 15 is 0 Å². The number of halogens is 2. The lowest BCUT2D eigenvalue weighted by Crippen LogP contribution is -2.49. The smallest absolute Gasteiger partial charge is 0.261 e. The number of carbonyl (C=O) groups excluding carboxylic acids is 2. The van der Waals surface area contributed by atoms with Crippen LogP contribution in [-0.4, -0.2) is 35.9 Å². The van der Waals surface area contributed by atoms with Crippen LogP contribution in [0, 0.1) is 5.82 Å². The molecule has 30 heavy (non-hydrogen) atoms. The van der Waals surface area contributed by atoms with E-state index in [0.717, 1.165) is 28.4 Å². The zero-order valence-corrected chi connectivity index (χ0v) is 19.2. The Morgan fingerprint density at radius 1 is 1.13 bits per heavy atom. The number of benzene rings is 2. The first-order valence-electron chi connectivity index (χ1n) is 10.1. The number of amides is 2. The second kappa shape index (κ2) is 11.7. The normalized spacial score (nSPS) is 11.6. The summed E-state index contributed by atoms with van der Waals surface area (Å²) >= 11 is 3.47. The lowest BCUT2D eigenvalue weighted by Gasteiger charge is -2.28. The van der Waals surface area contributed by atoms with Gasteiger partial charge in [0.15, 0.2) is 6.61 Å². The van der Waals surface area contributed by atoms with Crippen molar-refractivity contribution in [2.24, 2.45) is 0 Å². The third-order valence-electron chi connectivity index (χ3n) is 4.74. The third kappa shape index (κ3) is 6.83. The van der Waals surface area contributed by atoms with Crippen LogP contribution in [0.3, 0.4) is 0 Å². The Labute approximate surface area is 185 Å². The molecule has 2 aromatic carbocycles. The van der Waals surface area contributed by atoms with E-state index in [1.165, 1.54) is 17.0 Å². The maximum Gasteiger partial charge on any atom is 0.261 e. The Morgan fingerprint density at radius 3 is 2.40 bits per heavy atom.